The van der Waals surface area contributed by atoms with Crippen molar-refractivity contribution in [3.8, 4) is 17.3 Å². The van der Waals surface area contributed by atoms with Crippen LogP contribution < -0.4 is 9.47 Å². The summed E-state index contributed by atoms with van der Waals surface area (Å²) in [7, 11) is 0. The Bertz CT molecular complexity index is 935. The first kappa shape index (κ1) is 20.0. The molecule has 0 N–H and O–H groups in total. The summed E-state index contributed by atoms with van der Waals surface area (Å²) in [6.45, 7) is 4.77. The first-order valence-electron chi connectivity index (χ1n) is 9.40. The molecule has 0 saturated heterocycles. The van der Waals surface area contributed by atoms with Crippen LogP contribution in [0.15, 0.2) is 54.6 Å². The summed E-state index contributed by atoms with van der Waals surface area (Å²) in [5.74, 6) is 0.639. The van der Waals surface area contributed by atoms with Crippen LogP contribution >= 0.6 is 11.6 Å². The first-order chi connectivity index (χ1) is 13.6. The monoisotopic (exact) mass is 398 g/mol. The van der Waals surface area contributed by atoms with Crippen LogP contribution in [-0.4, -0.2) is 22.4 Å². The molecular formula is C22H23ClN2O3. The fourth-order valence-electron chi connectivity index (χ4n) is 2.62. The number of carbonyl (C=O) groups excluding carboxylic acids is 1. The molecule has 5 nitrogen and oxygen atoms in total. The Balaban J connectivity index is 1.77. The lowest BCUT2D eigenvalue weighted by Crippen LogP contribution is -2.11. The van der Waals surface area contributed by atoms with Gasteiger partial charge in [0.2, 0.25) is 5.88 Å². The molecule has 146 valence electrons. The Hall–Kier alpha value is -2.79. The van der Waals surface area contributed by atoms with E-state index in [0.29, 0.717) is 23.1 Å². The molecule has 0 bridgehead atoms. The topological polar surface area (TPSA) is 53.4 Å². The van der Waals surface area contributed by atoms with Crippen molar-refractivity contribution in [2.75, 3.05) is 6.61 Å². The van der Waals surface area contributed by atoms with Crippen molar-refractivity contribution in [2.24, 2.45) is 0 Å². The molecule has 0 aliphatic rings. The van der Waals surface area contributed by atoms with Gasteiger partial charge >= 0.3 is 5.97 Å². The maximum atomic E-state index is 12.6. The van der Waals surface area contributed by atoms with E-state index in [1.165, 1.54) is 0 Å². The lowest BCUT2D eigenvalue weighted by Gasteiger charge is -2.09. The fourth-order valence-corrected chi connectivity index (χ4v) is 2.81. The van der Waals surface area contributed by atoms with E-state index in [-0.39, 0.29) is 0 Å². The lowest BCUT2D eigenvalue weighted by atomic mass is 10.2. The van der Waals surface area contributed by atoms with Crippen molar-refractivity contribution >= 4 is 17.6 Å². The van der Waals surface area contributed by atoms with E-state index in [0.717, 1.165) is 36.4 Å². The Morgan fingerprint density at radius 2 is 1.89 bits per heavy atom. The van der Waals surface area contributed by atoms with Crippen molar-refractivity contribution in [1.29, 1.82) is 0 Å². The molecule has 0 unspecified atom stereocenters. The van der Waals surface area contributed by atoms with E-state index in [9.17, 15) is 4.79 Å². The molecule has 0 spiro atoms. The van der Waals surface area contributed by atoms with Gasteiger partial charge in [0.1, 0.15) is 5.75 Å². The largest absolute Gasteiger partial charge is 0.494 e. The Labute approximate surface area is 169 Å². The van der Waals surface area contributed by atoms with Crippen molar-refractivity contribution < 1.29 is 14.3 Å². The quantitative estimate of drug-likeness (QED) is 0.372. The average Bonchev–Trinajstić information content (AvgIpc) is 3.11. The van der Waals surface area contributed by atoms with Crippen LogP contribution in [-0.2, 0) is 6.42 Å². The molecule has 0 aliphatic heterocycles. The molecule has 0 atom stereocenters. The highest BCUT2D eigenvalue weighted by Gasteiger charge is 2.16. The molecular weight excluding hydrogens is 376 g/mol. The van der Waals surface area contributed by atoms with Crippen molar-refractivity contribution in [1.82, 2.24) is 9.78 Å². The Morgan fingerprint density at radius 1 is 1.11 bits per heavy atom. The SMILES string of the molecule is CCCCOc1ccc(C(=O)Oc2cc(CC)nn2-c2cccc(Cl)c2)cc1. The smallest absolute Gasteiger partial charge is 0.344 e. The van der Waals surface area contributed by atoms with Crippen LogP contribution in [0.4, 0.5) is 0 Å². The minimum Gasteiger partial charge on any atom is -0.494 e. The van der Waals surface area contributed by atoms with Crippen molar-refractivity contribution in [2.45, 2.75) is 33.1 Å². The summed E-state index contributed by atoms with van der Waals surface area (Å²) in [5.41, 5.74) is 2.00. The van der Waals surface area contributed by atoms with E-state index < -0.39 is 5.97 Å². The maximum Gasteiger partial charge on any atom is 0.344 e. The van der Waals surface area contributed by atoms with Crippen LogP contribution in [0.2, 0.25) is 5.02 Å². The van der Waals surface area contributed by atoms with Gasteiger partial charge in [0.05, 0.1) is 23.6 Å². The highest BCUT2D eigenvalue weighted by atomic mass is 35.5. The second-order valence-corrected chi connectivity index (χ2v) is 6.77. The fraction of sp³-hybridized carbons (Fsp3) is 0.273. The van der Waals surface area contributed by atoms with Crippen LogP contribution in [0.25, 0.3) is 5.69 Å². The molecule has 0 amide bonds. The molecule has 0 fully saturated rings. The predicted molar refractivity (Wildman–Crippen MR) is 110 cm³/mol. The standard InChI is InChI=1S/C22H23ClN2O3/c1-3-5-13-27-20-11-9-16(10-12-20)22(26)28-21-15-18(4-2)24-25(21)19-8-6-7-17(23)14-19/h6-12,14-15H,3-5,13H2,1-2H3. The third-order valence-corrected chi connectivity index (χ3v) is 4.43. The van der Waals surface area contributed by atoms with E-state index in [1.54, 1.807) is 47.1 Å². The molecule has 2 aromatic carbocycles. The number of aromatic nitrogens is 2. The molecule has 28 heavy (non-hydrogen) atoms. The molecule has 0 saturated carbocycles. The van der Waals surface area contributed by atoms with Crippen molar-refractivity contribution in [3.63, 3.8) is 0 Å². The van der Waals surface area contributed by atoms with Gasteiger partial charge in [-0.25, -0.2) is 9.48 Å². The van der Waals surface area contributed by atoms with Gasteiger partial charge in [0, 0.05) is 11.1 Å². The van der Waals surface area contributed by atoms with Crippen LogP contribution in [0.1, 0.15) is 42.7 Å². The highest BCUT2D eigenvalue weighted by molar-refractivity contribution is 6.30. The molecule has 3 aromatic rings. The predicted octanol–water partition coefficient (Wildman–Crippen LogP) is 5.49. The van der Waals surface area contributed by atoms with Gasteiger partial charge < -0.3 is 9.47 Å². The number of hydrogen-bond donors (Lipinski definition) is 0. The van der Waals surface area contributed by atoms with E-state index in [1.807, 2.05) is 19.1 Å². The number of rotatable bonds is 8. The van der Waals surface area contributed by atoms with Gasteiger partial charge in [-0.2, -0.15) is 5.10 Å². The normalized spacial score (nSPS) is 10.7. The number of nitrogens with zero attached hydrogens (tertiary/aromatic N) is 2. The second-order valence-electron chi connectivity index (χ2n) is 6.34. The Morgan fingerprint density at radius 3 is 2.57 bits per heavy atom. The molecule has 0 aliphatic carbocycles. The van der Waals surface area contributed by atoms with Crippen LogP contribution in [0.3, 0.4) is 0 Å². The summed E-state index contributed by atoms with van der Waals surface area (Å²) < 4.78 is 12.8. The lowest BCUT2D eigenvalue weighted by molar-refractivity contribution is 0.0723. The third kappa shape index (κ3) is 4.93. The number of halogens is 1. The van der Waals surface area contributed by atoms with Gasteiger partial charge in [-0.05, 0) is 55.3 Å². The molecule has 1 aromatic heterocycles. The number of carbonyl (C=O) groups is 1. The third-order valence-electron chi connectivity index (χ3n) is 4.20. The zero-order valence-corrected chi connectivity index (χ0v) is 16.8. The second kappa shape index (κ2) is 9.42. The summed E-state index contributed by atoms with van der Waals surface area (Å²) >= 11 is 6.09. The molecule has 3 rings (SSSR count). The van der Waals surface area contributed by atoms with E-state index in [4.69, 9.17) is 21.1 Å². The summed E-state index contributed by atoms with van der Waals surface area (Å²) in [4.78, 5) is 12.6. The van der Waals surface area contributed by atoms with Gasteiger partial charge in [0.15, 0.2) is 0 Å². The highest BCUT2D eigenvalue weighted by Crippen LogP contribution is 2.23. The minimum absolute atomic E-state index is 0.354. The zero-order valence-electron chi connectivity index (χ0n) is 16.0. The van der Waals surface area contributed by atoms with Gasteiger partial charge in [-0.15, -0.1) is 0 Å². The Kier molecular flexibility index (Phi) is 6.71. The summed E-state index contributed by atoms with van der Waals surface area (Å²) in [5, 5.41) is 5.09. The number of aryl methyl sites for hydroxylation is 1. The average molecular weight is 399 g/mol. The number of ether oxygens (including phenoxy) is 2. The van der Waals surface area contributed by atoms with Gasteiger partial charge in [-0.3, -0.25) is 0 Å². The first-order valence-corrected chi connectivity index (χ1v) is 9.78. The van der Waals surface area contributed by atoms with Crippen molar-refractivity contribution in [3.05, 3.63) is 70.9 Å². The van der Waals surface area contributed by atoms with Crippen LogP contribution in [0.5, 0.6) is 11.6 Å². The summed E-state index contributed by atoms with van der Waals surface area (Å²) in [6.07, 6.45) is 2.80. The van der Waals surface area contributed by atoms with E-state index >= 15 is 0 Å². The number of hydrogen-bond acceptors (Lipinski definition) is 4. The van der Waals surface area contributed by atoms with Gasteiger partial charge in [-0.1, -0.05) is 37.9 Å². The maximum absolute atomic E-state index is 12.6. The van der Waals surface area contributed by atoms with E-state index in [2.05, 4.69) is 12.0 Å². The molecule has 0 radical (unpaired) electrons. The minimum atomic E-state index is -0.453. The zero-order chi connectivity index (χ0) is 19.9. The number of benzene rings is 2. The molecule has 6 heteroatoms. The number of esters is 1. The van der Waals surface area contributed by atoms with Crippen LogP contribution in [0, 0.1) is 0 Å². The number of unbranched alkanes of at least 4 members (excludes halogenated alkanes) is 1. The molecule has 1 heterocycles. The van der Waals surface area contributed by atoms with Gasteiger partial charge in [0.25, 0.3) is 0 Å². The summed E-state index contributed by atoms with van der Waals surface area (Å²) in [6, 6.07) is 16.0.